The lowest BCUT2D eigenvalue weighted by molar-refractivity contribution is -0.139. The van der Waals surface area contributed by atoms with Gasteiger partial charge < -0.3 is 4.74 Å². The molecule has 2 heteroatoms. The van der Waals surface area contributed by atoms with Crippen molar-refractivity contribution in [3.63, 3.8) is 0 Å². The lowest BCUT2D eigenvalue weighted by Gasteiger charge is -2.05. The smallest absolute Gasteiger partial charge is 0.333 e. The number of allylic oxidation sites excluding steroid dienone is 1. The molecule has 0 saturated heterocycles. The van der Waals surface area contributed by atoms with E-state index in [1.54, 1.807) is 0 Å². The van der Waals surface area contributed by atoms with E-state index in [9.17, 15) is 4.79 Å². The summed E-state index contributed by atoms with van der Waals surface area (Å²) < 4.78 is 5.28. The highest BCUT2D eigenvalue weighted by molar-refractivity contribution is 5.87. The number of rotatable bonds is 15. The van der Waals surface area contributed by atoms with Crippen LogP contribution in [0.1, 0.15) is 104 Å². The molecule has 0 aliphatic rings. The van der Waals surface area contributed by atoms with Crippen molar-refractivity contribution in [1.29, 1.82) is 0 Å². The fourth-order valence-corrected chi connectivity index (χ4v) is 2.49. The Morgan fingerprint density at radius 1 is 0.773 bits per heavy atom. The number of hydrogen-bond acceptors (Lipinski definition) is 2. The van der Waals surface area contributed by atoms with E-state index >= 15 is 0 Å². The van der Waals surface area contributed by atoms with Crippen molar-refractivity contribution in [2.45, 2.75) is 104 Å². The quantitative estimate of drug-likeness (QED) is 0.194. The summed E-state index contributed by atoms with van der Waals surface area (Å²) in [5, 5.41) is 0. The molecule has 130 valence electrons. The zero-order valence-electron chi connectivity index (χ0n) is 15.3. The summed E-state index contributed by atoms with van der Waals surface area (Å²) in [4.78, 5) is 11.8. The number of carbonyl (C=O) groups excluding carboxylic acids is 1. The minimum Gasteiger partial charge on any atom is -0.462 e. The molecule has 0 radical (unpaired) electrons. The molecule has 0 N–H and O–H groups in total. The topological polar surface area (TPSA) is 26.3 Å². The Morgan fingerprint density at radius 2 is 1.27 bits per heavy atom. The van der Waals surface area contributed by atoms with Gasteiger partial charge in [-0.15, -0.1) is 0 Å². The first-order valence-electron chi connectivity index (χ1n) is 9.56. The summed E-state index contributed by atoms with van der Waals surface area (Å²) >= 11 is 0. The fourth-order valence-electron chi connectivity index (χ4n) is 2.49. The van der Waals surface area contributed by atoms with Crippen molar-refractivity contribution in [3.05, 3.63) is 11.6 Å². The minimum atomic E-state index is -0.129. The highest BCUT2D eigenvalue weighted by atomic mass is 16.5. The van der Waals surface area contributed by atoms with Crippen molar-refractivity contribution in [2.75, 3.05) is 6.61 Å². The van der Waals surface area contributed by atoms with E-state index in [1.165, 1.54) is 64.2 Å². The van der Waals surface area contributed by atoms with Crippen molar-refractivity contribution < 1.29 is 9.53 Å². The van der Waals surface area contributed by atoms with Crippen molar-refractivity contribution in [2.24, 2.45) is 0 Å². The SMILES string of the molecule is CCCCCCCCCCC=C(C)C(=O)OCCCCCC. The maximum absolute atomic E-state index is 11.8. The molecular formula is C20H38O2. The monoisotopic (exact) mass is 310 g/mol. The van der Waals surface area contributed by atoms with Gasteiger partial charge in [-0.1, -0.05) is 84.1 Å². The molecule has 0 rings (SSSR count). The standard InChI is InChI=1S/C20H38O2/c1-4-6-8-10-11-12-13-14-15-17-19(3)20(21)22-18-16-9-7-5-2/h17H,4-16,18H2,1-3H3. The summed E-state index contributed by atoms with van der Waals surface area (Å²) in [7, 11) is 0. The molecule has 0 amide bonds. The predicted molar refractivity (Wildman–Crippen MR) is 96.1 cm³/mol. The van der Waals surface area contributed by atoms with Crippen LogP contribution < -0.4 is 0 Å². The first kappa shape index (κ1) is 21.2. The second-order valence-electron chi connectivity index (χ2n) is 6.35. The van der Waals surface area contributed by atoms with Crippen LogP contribution in [0.2, 0.25) is 0 Å². The third kappa shape index (κ3) is 14.2. The second-order valence-corrected chi connectivity index (χ2v) is 6.35. The molecular weight excluding hydrogens is 272 g/mol. The number of carbonyl (C=O) groups is 1. The fraction of sp³-hybridized carbons (Fsp3) is 0.850. The molecule has 0 bridgehead atoms. The van der Waals surface area contributed by atoms with Crippen molar-refractivity contribution in [1.82, 2.24) is 0 Å². The second kappa shape index (κ2) is 16.6. The van der Waals surface area contributed by atoms with Gasteiger partial charge in [0.1, 0.15) is 0 Å². The Kier molecular flexibility index (Phi) is 16.0. The van der Waals surface area contributed by atoms with Crippen LogP contribution in [-0.4, -0.2) is 12.6 Å². The van der Waals surface area contributed by atoms with Gasteiger partial charge in [-0.25, -0.2) is 4.79 Å². The van der Waals surface area contributed by atoms with E-state index < -0.39 is 0 Å². The summed E-state index contributed by atoms with van der Waals surface area (Å²) in [5.41, 5.74) is 0.776. The molecule has 0 unspecified atom stereocenters. The van der Waals surface area contributed by atoms with Gasteiger partial charge in [-0.2, -0.15) is 0 Å². The predicted octanol–water partition coefficient (Wildman–Crippen LogP) is 6.59. The molecule has 0 fully saturated rings. The molecule has 0 heterocycles. The molecule has 0 aromatic rings. The molecule has 0 aliphatic carbocycles. The third-order valence-electron chi connectivity index (χ3n) is 4.06. The van der Waals surface area contributed by atoms with Crippen molar-refractivity contribution >= 4 is 5.97 Å². The molecule has 0 aliphatic heterocycles. The largest absolute Gasteiger partial charge is 0.462 e. The van der Waals surface area contributed by atoms with E-state index in [4.69, 9.17) is 4.74 Å². The number of hydrogen-bond donors (Lipinski definition) is 0. The van der Waals surface area contributed by atoms with Crippen LogP contribution in [-0.2, 0) is 9.53 Å². The molecule has 0 aromatic heterocycles. The molecule has 2 nitrogen and oxygen atoms in total. The van der Waals surface area contributed by atoms with Gasteiger partial charge in [0.2, 0.25) is 0 Å². The Labute approximate surface area is 138 Å². The van der Waals surface area contributed by atoms with Crippen LogP contribution in [0.3, 0.4) is 0 Å². The Balaban J connectivity index is 3.48. The van der Waals surface area contributed by atoms with E-state index in [0.717, 1.165) is 24.8 Å². The van der Waals surface area contributed by atoms with Crippen LogP contribution in [0.4, 0.5) is 0 Å². The van der Waals surface area contributed by atoms with Crippen LogP contribution >= 0.6 is 0 Å². The summed E-state index contributed by atoms with van der Waals surface area (Å²) in [6, 6.07) is 0. The zero-order valence-corrected chi connectivity index (χ0v) is 15.3. The van der Waals surface area contributed by atoms with Gasteiger partial charge in [0.05, 0.1) is 6.61 Å². The van der Waals surface area contributed by atoms with Gasteiger partial charge in [0, 0.05) is 5.57 Å². The number of ether oxygens (including phenoxy) is 1. The first-order valence-corrected chi connectivity index (χ1v) is 9.56. The van der Waals surface area contributed by atoms with Crippen LogP contribution in [0.5, 0.6) is 0 Å². The highest BCUT2D eigenvalue weighted by Gasteiger charge is 2.04. The van der Waals surface area contributed by atoms with Crippen LogP contribution in [0.25, 0.3) is 0 Å². The highest BCUT2D eigenvalue weighted by Crippen LogP contribution is 2.11. The summed E-state index contributed by atoms with van der Waals surface area (Å²) in [6.07, 6.45) is 18.3. The molecule has 0 atom stereocenters. The summed E-state index contributed by atoms with van der Waals surface area (Å²) in [5.74, 6) is -0.129. The van der Waals surface area contributed by atoms with E-state index in [-0.39, 0.29) is 5.97 Å². The van der Waals surface area contributed by atoms with Gasteiger partial charge in [-0.05, 0) is 26.2 Å². The maximum atomic E-state index is 11.8. The molecule has 0 aromatic carbocycles. The Bertz CT molecular complexity index is 281. The van der Waals surface area contributed by atoms with E-state index in [1.807, 2.05) is 13.0 Å². The Hall–Kier alpha value is -0.790. The zero-order chi connectivity index (χ0) is 16.5. The maximum Gasteiger partial charge on any atom is 0.333 e. The Morgan fingerprint density at radius 3 is 1.86 bits per heavy atom. The average molecular weight is 311 g/mol. The average Bonchev–Trinajstić information content (AvgIpc) is 2.52. The lowest BCUT2D eigenvalue weighted by Crippen LogP contribution is -2.07. The molecule has 0 saturated carbocycles. The van der Waals surface area contributed by atoms with Crippen LogP contribution in [0.15, 0.2) is 11.6 Å². The van der Waals surface area contributed by atoms with Gasteiger partial charge in [0.15, 0.2) is 0 Å². The lowest BCUT2D eigenvalue weighted by atomic mass is 10.1. The van der Waals surface area contributed by atoms with Gasteiger partial charge >= 0.3 is 5.97 Å². The normalized spacial score (nSPS) is 11.7. The number of esters is 1. The van der Waals surface area contributed by atoms with Crippen molar-refractivity contribution in [3.8, 4) is 0 Å². The molecule has 0 spiro atoms. The summed E-state index contributed by atoms with van der Waals surface area (Å²) in [6.45, 7) is 6.88. The van der Waals surface area contributed by atoms with E-state index in [0.29, 0.717) is 6.61 Å². The first-order chi connectivity index (χ1) is 10.7. The third-order valence-corrected chi connectivity index (χ3v) is 4.06. The molecule has 22 heavy (non-hydrogen) atoms. The van der Waals surface area contributed by atoms with Crippen LogP contribution in [0, 0.1) is 0 Å². The number of unbranched alkanes of at least 4 members (excludes halogenated alkanes) is 11. The van der Waals surface area contributed by atoms with E-state index in [2.05, 4.69) is 13.8 Å². The van der Waals surface area contributed by atoms with Gasteiger partial charge in [0.25, 0.3) is 0 Å². The van der Waals surface area contributed by atoms with Gasteiger partial charge in [-0.3, -0.25) is 0 Å². The minimum absolute atomic E-state index is 0.129.